The first-order chi connectivity index (χ1) is 6.33. The first-order valence-corrected chi connectivity index (χ1v) is 3.91. The number of nitrogens with zero attached hydrogens (tertiary/aromatic N) is 2. The number of carbonyl (C=O) groups is 1. The SMILES string of the molecule is C#CC(=O)NCCCc1ncn[nH]1. The Morgan fingerprint density at radius 3 is 3.23 bits per heavy atom. The molecule has 1 heterocycles. The van der Waals surface area contributed by atoms with Crippen LogP contribution in [0.3, 0.4) is 0 Å². The topological polar surface area (TPSA) is 70.7 Å². The molecule has 0 aliphatic heterocycles. The zero-order valence-electron chi connectivity index (χ0n) is 7.08. The highest BCUT2D eigenvalue weighted by Crippen LogP contribution is 1.90. The largest absolute Gasteiger partial charge is 0.345 e. The van der Waals surface area contributed by atoms with Crippen LogP contribution in [-0.4, -0.2) is 27.6 Å². The Labute approximate surface area is 75.9 Å². The van der Waals surface area contributed by atoms with Gasteiger partial charge in [-0.3, -0.25) is 9.89 Å². The number of rotatable bonds is 4. The highest BCUT2D eigenvalue weighted by Gasteiger charge is 1.96. The molecule has 5 nitrogen and oxygen atoms in total. The minimum atomic E-state index is -0.377. The van der Waals surface area contributed by atoms with E-state index in [0.29, 0.717) is 6.54 Å². The summed E-state index contributed by atoms with van der Waals surface area (Å²) in [5.41, 5.74) is 0. The summed E-state index contributed by atoms with van der Waals surface area (Å²) >= 11 is 0. The van der Waals surface area contributed by atoms with E-state index in [-0.39, 0.29) is 5.91 Å². The molecule has 0 saturated heterocycles. The lowest BCUT2D eigenvalue weighted by Gasteiger charge is -1.98. The Morgan fingerprint density at radius 1 is 1.77 bits per heavy atom. The smallest absolute Gasteiger partial charge is 0.295 e. The second-order valence-electron chi connectivity index (χ2n) is 2.44. The van der Waals surface area contributed by atoms with Crippen molar-refractivity contribution in [3.63, 3.8) is 0 Å². The van der Waals surface area contributed by atoms with E-state index in [0.717, 1.165) is 18.7 Å². The first-order valence-electron chi connectivity index (χ1n) is 3.91. The number of aromatic nitrogens is 3. The van der Waals surface area contributed by atoms with Gasteiger partial charge in [-0.2, -0.15) is 5.10 Å². The van der Waals surface area contributed by atoms with Crippen LogP contribution in [0, 0.1) is 12.3 Å². The summed E-state index contributed by atoms with van der Waals surface area (Å²) in [6.07, 6.45) is 7.86. The van der Waals surface area contributed by atoms with Crippen molar-refractivity contribution < 1.29 is 4.79 Å². The van der Waals surface area contributed by atoms with Gasteiger partial charge in [0, 0.05) is 13.0 Å². The van der Waals surface area contributed by atoms with Gasteiger partial charge in [-0.15, -0.1) is 6.42 Å². The zero-order valence-corrected chi connectivity index (χ0v) is 7.08. The van der Waals surface area contributed by atoms with Gasteiger partial charge in [-0.05, 0) is 12.3 Å². The maximum atomic E-state index is 10.6. The van der Waals surface area contributed by atoms with Crippen LogP contribution in [0.25, 0.3) is 0 Å². The molecule has 1 amide bonds. The van der Waals surface area contributed by atoms with Crippen LogP contribution in [-0.2, 0) is 11.2 Å². The highest BCUT2D eigenvalue weighted by atomic mass is 16.1. The van der Waals surface area contributed by atoms with Crippen LogP contribution in [0.4, 0.5) is 0 Å². The number of aryl methyl sites for hydroxylation is 1. The monoisotopic (exact) mass is 178 g/mol. The normalized spacial score (nSPS) is 9.15. The van der Waals surface area contributed by atoms with Gasteiger partial charge in [0.1, 0.15) is 12.2 Å². The molecule has 0 aromatic carbocycles. The lowest BCUT2D eigenvalue weighted by molar-refractivity contribution is -0.115. The Kier molecular flexibility index (Phi) is 3.51. The number of carbonyl (C=O) groups excluding carboxylic acids is 1. The quantitative estimate of drug-likeness (QED) is 0.481. The number of hydrogen-bond acceptors (Lipinski definition) is 3. The van der Waals surface area contributed by atoms with Crippen molar-refractivity contribution >= 4 is 5.91 Å². The van der Waals surface area contributed by atoms with E-state index in [2.05, 4.69) is 20.5 Å². The number of amides is 1. The molecule has 0 atom stereocenters. The molecule has 1 aromatic rings. The van der Waals surface area contributed by atoms with E-state index in [4.69, 9.17) is 6.42 Å². The van der Waals surface area contributed by atoms with Crippen LogP contribution in [0.15, 0.2) is 6.33 Å². The van der Waals surface area contributed by atoms with Gasteiger partial charge >= 0.3 is 0 Å². The van der Waals surface area contributed by atoms with E-state index >= 15 is 0 Å². The molecule has 5 heteroatoms. The summed E-state index contributed by atoms with van der Waals surface area (Å²) in [4.78, 5) is 14.5. The van der Waals surface area contributed by atoms with Crippen LogP contribution in [0.2, 0.25) is 0 Å². The molecular weight excluding hydrogens is 168 g/mol. The van der Waals surface area contributed by atoms with Gasteiger partial charge < -0.3 is 5.32 Å². The van der Waals surface area contributed by atoms with Crippen molar-refractivity contribution in [3.8, 4) is 12.3 Å². The molecule has 0 saturated carbocycles. The van der Waals surface area contributed by atoms with Crippen molar-refractivity contribution in [2.45, 2.75) is 12.8 Å². The molecule has 1 aromatic heterocycles. The van der Waals surface area contributed by atoms with E-state index < -0.39 is 0 Å². The molecule has 68 valence electrons. The van der Waals surface area contributed by atoms with Crippen LogP contribution >= 0.6 is 0 Å². The predicted octanol–water partition coefficient (Wildman–Crippen LogP) is -0.513. The van der Waals surface area contributed by atoms with Crippen LogP contribution < -0.4 is 5.32 Å². The minimum absolute atomic E-state index is 0.377. The van der Waals surface area contributed by atoms with E-state index in [1.807, 2.05) is 5.92 Å². The third-order valence-corrected chi connectivity index (χ3v) is 1.47. The van der Waals surface area contributed by atoms with Gasteiger partial charge in [0.15, 0.2) is 0 Å². The number of hydrogen-bond donors (Lipinski definition) is 2. The van der Waals surface area contributed by atoms with Crippen LogP contribution in [0.1, 0.15) is 12.2 Å². The van der Waals surface area contributed by atoms with Gasteiger partial charge in [0.25, 0.3) is 5.91 Å². The molecule has 0 aliphatic rings. The molecule has 0 unspecified atom stereocenters. The fourth-order valence-corrected chi connectivity index (χ4v) is 0.860. The number of H-pyrrole nitrogens is 1. The lowest BCUT2D eigenvalue weighted by atomic mass is 10.3. The first kappa shape index (κ1) is 9.26. The molecule has 2 N–H and O–H groups in total. The van der Waals surface area contributed by atoms with E-state index in [1.165, 1.54) is 6.33 Å². The average molecular weight is 178 g/mol. The van der Waals surface area contributed by atoms with Crippen molar-refractivity contribution in [2.75, 3.05) is 6.54 Å². The van der Waals surface area contributed by atoms with E-state index in [9.17, 15) is 4.79 Å². The zero-order chi connectivity index (χ0) is 9.52. The molecule has 0 aliphatic carbocycles. The summed E-state index contributed by atoms with van der Waals surface area (Å²) in [5.74, 6) is 2.41. The Morgan fingerprint density at radius 2 is 2.62 bits per heavy atom. The third kappa shape index (κ3) is 3.38. The number of terminal acetylenes is 1. The van der Waals surface area contributed by atoms with Gasteiger partial charge in [-0.25, -0.2) is 4.98 Å². The van der Waals surface area contributed by atoms with Gasteiger partial charge in [0.05, 0.1) is 0 Å². The highest BCUT2D eigenvalue weighted by molar-refractivity contribution is 5.92. The van der Waals surface area contributed by atoms with Crippen molar-refractivity contribution in [1.29, 1.82) is 0 Å². The lowest BCUT2D eigenvalue weighted by Crippen LogP contribution is -2.22. The second-order valence-corrected chi connectivity index (χ2v) is 2.44. The molecule has 0 bridgehead atoms. The maximum Gasteiger partial charge on any atom is 0.295 e. The van der Waals surface area contributed by atoms with Crippen molar-refractivity contribution in [3.05, 3.63) is 12.2 Å². The number of aromatic amines is 1. The molecule has 1 rings (SSSR count). The Balaban J connectivity index is 2.09. The predicted molar refractivity (Wildman–Crippen MR) is 46.5 cm³/mol. The minimum Gasteiger partial charge on any atom is -0.345 e. The average Bonchev–Trinajstić information content (AvgIpc) is 2.64. The molecule has 13 heavy (non-hydrogen) atoms. The summed E-state index contributed by atoms with van der Waals surface area (Å²) in [7, 11) is 0. The fraction of sp³-hybridized carbons (Fsp3) is 0.375. The summed E-state index contributed by atoms with van der Waals surface area (Å²) in [6.45, 7) is 0.559. The Hall–Kier alpha value is -1.83. The Bertz CT molecular complexity index is 298. The van der Waals surface area contributed by atoms with Crippen molar-refractivity contribution in [1.82, 2.24) is 20.5 Å². The van der Waals surface area contributed by atoms with Crippen molar-refractivity contribution in [2.24, 2.45) is 0 Å². The van der Waals surface area contributed by atoms with Gasteiger partial charge in [-0.1, -0.05) is 0 Å². The standard InChI is InChI=1S/C8H10N4O/c1-2-8(13)9-5-3-4-7-10-6-11-12-7/h1,6H,3-5H2,(H,9,13)(H,10,11,12). The maximum absolute atomic E-state index is 10.6. The number of nitrogens with one attached hydrogen (secondary N) is 2. The molecule has 0 fully saturated rings. The summed E-state index contributed by atoms with van der Waals surface area (Å²) in [6, 6.07) is 0. The molecular formula is C8H10N4O. The van der Waals surface area contributed by atoms with Crippen LogP contribution in [0.5, 0.6) is 0 Å². The molecule has 0 spiro atoms. The third-order valence-electron chi connectivity index (χ3n) is 1.47. The summed E-state index contributed by atoms with van der Waals surface area (Å²) in [5, 5.41) is 8.98. The fourth-order valence-electron chi connectivity index (χ4n) is 0.860. The second kappa shape index (κ2) is 4.93. The van der Waals surface area contributed by atoms with Gasteiger partial charge in [0.2, 0.25) is 0 Å². The molecule has 0 radical (unpaired) electrons. The van der Waals surface area contributed by atoms with E-state index in [1.54, 1.807) is 0 Å². The summed E-state index contributed by atoms with van der Waals surface area (Å²) < 4.78 is 0.